The van der Waals surface area contributed by atoms with Crippen molar-refractivity contribution in [3.8, 4) is 0 Å². The minimum absolute atomic E-state index is 0.0802. The molecule has 0 aromatic heterocycles. The quantitative estimate of drug-likeness (QED) is 0.0677. The van der Waals surface area contributed by atoms with Crippen LogP contribution in [0.3, 0.4) is 0 Å². The van der Waals surface area contributed by atoms with Crippen LogP contribution in [0.5, 0.6) is 0 Å². The zero-order valence-corrected chi connectivity index (χ0v) is 36.2. The molecular formula is C43H48N4O12S2. The van der Waals surface area contributed by atoms with E-state index >= 15 is 0 Å². The Bertz CT molecular complexity index is 2550. The van der Waals surface area contributed by atoms with E-state index in [-0.39, 0.29) is 36.3 Å². The van der Waals surface area contributed by atoms with E-state index < -0.39 is 67.1 Å². The van der Waals surface area contributed by atoms with Crippen molar-refractivity contribution < 1.29 is 54.8 Å². The van der Waals surface area contributed by atoms with Crippen LogP contribution in [-0.2, 0) is 54.5 Å². The van der Waals surface area contributed by atoms with Gasteiger partial charge in [-0.3, -0.25) is 33.3 Å². The van der Waals surface area contributed by atoms with E-state index in [1.807, 2.05) is 38.7 Å². The number of para-hydroxylation sites is 1. The van der Waals surface area contributed by atoms with Crippen LogP contribution in [0, 0.1) is 5.41 Å². The van der Waals surface area contributed by atoms with Crippen LogP contribution >= 0.6 is 0 Å². The van der Waals surface area contributed by atoms with Gasteiger partial charge in [0.25, 0.3) is 38.0 Å². The maximum Gasteiger partial charge on any atom is 0.361 e. The summed E-state index contributed by atoms with van der Waals surface area (Å²) in [4.78, 5) is 67.7. The van der Waals surface area contributed by atoms with Crippen molar-refractivity contribution in [2.45, 2.75) is 71.1 Å². The standard InChI is InChI=1S/C43H48N4O12S2/c1-8-32(41(51)46(30-16-11-9-12-17-30)58-27-39(50)59-47-37(48)22-23-38(47)49)28(2)40-29(3)44-35(43(40,6)7)18-13-10-14-19-36-42(4,5)33-26-31(61(55,56)57)20-21-34(33)45(36)24-15-25-60(52,53)54/h8-14,16-21,26H,3,15,22-25,27H2,1-2,4-7H3,(H,52,53,54)(H,55,56,57)/b14-10+,18-13+,32-8+,36-19+,40-28+. The van der Waals surface area contributed by atoms with Gasteiger partial charge < -0.3 is 9.74 Å². The molecule has 0 atom stereocenters. The smallest absolute Gasteiger partial charge is 0.344 e. The number of amides is 3. The van der Waals surface area contributed by atoms with Crippen molar-refractivity contribution in [3.63, 3.8) is 0 Å². The Hall–Kier alpha value is -5.79. The molecule has 2 N–H and O–H groups in total. The van der Waals surface area contributed by atoms with Gasteiger partial charge in [-0.15, -0.1) is 5.06 Å². The summed E-state index contributed by atoms with van der Waals surface area (Å²) in [5, 5.41) is 1.34. The van der Waals surface area contributed by atoms with Gasteiger partial charge in [0, 0.05) is 47.2 Å². The number of anilines is 2. The highest BCUT2D eigenvalue weighted by Crippen LogP contribution is 2.49. The van der Waals surface area contributed by atoms with E-state index in [9.17, 15) is 45.1 Å². The molecule has 5 rings (SSSR count). The van der Waals surface area contributed by atoms with E-state index in [0.29, 0.717) is 50.3 Å². The second kappa shape index (κ2) is 18.1. The Kier molecular flexibility index (Phi) is 13.7. The van der Waals surface area contributed by atoms with Crippen LogP contribution < -0.4 is 9.96 Å². The Balaban J connectivity index is 1.37. The Morgan fingerprint density at radius 1 is 0.951 bits per heavy atom. The molecule has 0 bridgehead atoms. The minimum Gasteiger partial charge on any atom is -0.344 e. The molecule has 3 aliphatic heterocycles. The third kappa shape index (κ3) is 10.2. The number of imide groups is 1. The molecule has 0 aliphatic carbocycles. The number of nitrogens with zero attached hydrogens (tertiary/aromatic N) is 4. The summed E-state index contributed by atoms with van der Waals surface area (Å²) in [6, 6.07) is 12.5. The Morgan fingerprint density at radius 2 is 1.61 bits per heavy atom. The van der Waals surface area contributed by atoms with Gasteiger partial charge in [0.05, 0.1) is 27.7 Å². The van der Waals surface area contributed by atoms with Crippen molar-refractivity contribution in [2.75, 3.05) is 28.9 Å². The fourth-order valence-corrected chi connectivity index (χ4v) is 8.54. The van der Waals surface area contributed by atoms with Gasteiger partial charge in [-0.25, -0.2) is 4.79 Å². The third-order valence-electron chi connectivity index (χ3n) is 10.5. The maximum absolute atomic E-state index is 14.2. The molecule has 18 heteroatoms. The number of hydroxylamine groups is 3. The first kappa shape index (κ1) is 46.3. The second-order valence-electron chi connectivity index (χ2n) is 15.4. The highest BCUT2D eigenvalue weighted by molar-refractivity contribution is 7.86. The van der Waals surface area contributed by atoms with Gasteiger partial charge in [-0.1, -0.05) is 76.8 Å². The first-order valence-corrected chi connectivity index (χ1v) is 22.2. The van der Waals surface area contributed by atoms with Gasteiger partial charge in [0.15, 0.2) is 6.61 Å². The SMILES string of the molecule is C=C1N=C(/C=C/C=C/C=C2/N(CCCS(=O)(=O)O)c3ccc(S(=O)(=O)O)cc3C2(C)C)C(C)(C)/C1=C(C)/C(=C\C)C(=O)N(OCC(=O)ON1C(=O)CCC1=O)c1ccccc1. The molecule has 3 heterocycles. The summed E-state index contributed by atoms with van der Waals surface area (Å²) in [5.41, 5.74) is 3.23. The molecule has 0 spiro atoms. The van der Waals surface area contributed by atoms with Gasteiger partial charge in [0.1, 0.15) is 0 Å². The molecule has 0 radical (unpaired) electrons. The van der Waals surface area contributed by atoms with Crippen LogP contribution in [0.2, 0.25) is 0 Å². The lowest BCUT2D eigenvalue weighted by Crippen LogP contribution is -2.38. The van der Waals surface area contributed by atoms with E-state index in [1.54, 1.807) is 80.6 Å². The monoisotopic (exact) mass is 876 g/mol. The van der Waals surface area contributed by atoms with E-state index in [2.05, 4.69) is 6.58 Å². The van der Waals surface area contributed by atoms with Crippen LogP contribution in [0.1, 0.15) is 66.4 Å². The Labute approximate surface area is 355 Å². The van der Waals surface area contributed by atoms with Crippen LogP contribution in [0.4, 0.5) is 11.4 Å². The number of aliphatic imine (C=N–C) groups is 1. The zero-order valence-electron chi connectivity index (χ0n) is 34.6. The molecule has 1 saturated heterocycles. The number of benzene rings is 2. The molecule has 0 saturated carbocycles. The van der Waals surface area contributed by atoms with Gasteiger partial charge in [-0.2, -0.15) is 21.9 Å². The fourth-order valence-electron chi connectivity index (χ4n) is 7.54. The normalized spacial score (nSPS) is 19.3. The zero-order chi connectivity index (χ0) is 45.1. The van der Waals surface area contributed by atoms with Gasteiger partial charge >= 0.3 is 5.97 Å². The van der Waals surface area contributed by atoms with Crippen molar-refractivity contribution in [1.29, 1.82) is 0 Å². The molecule has 3 aliphatic rings. The summed E-state index contributed by atoms with van der Waals surface area (Å²) in [7, 11) is -8.72. The summed E-state index contributed by atoms with van der Waals surface area (Å²) >= 11 is 0. The molecule has 3 amide bonds. The minimum atomic E-state index is -4.49. The van der Waals surface area contributed by atoms with Gasteiger partial charge in [-0.05, 0) is 79.5 Å². The van der Waals surface area contributed by atoms with Gasteiger partial charge in [0.2, 0.25) is 0 Å². The number of carbonyl (C=O) groups excluding carboxylic acids is 4. The molecule has 2 aromatic carbocycles. The average molecular weight is 877 g/mol. The van der Waals surface area contributed by atoms with Crippen molar-refractivity contribution in [3.05, 3.63) is 125 Å². The summed E-state index contributed by atoms with van der Waals surface area (Å²) in [6.07, 6.45) is 10.4. The molecular weight excluding hydrogens is 829 g/mol. The van der Waals surface area contributed by atoms with E-state index in [1.165, 1.54) is 12.1 Å². The summed E-state index contributed by atoms with van der Waals surface area (Å²) in [5.74, 6) is -3.47. The number of hydrogen-bond acceptors (Lipinski definition) is 12. The molecule has 61 heavy (non-hydrogen) atoms. The number of hydrogen-bond donors (Lipinski definition) is 2. The molecule has 2 aromatic rings. The lowest BCUT2D eigenvalue weighted by molar-refractivity contribution is -0.200. The highest BCUT2D eigenvalue weighted by Gasteiger charge is 2.41. The van der Waals surface area contributed by atoms with E-state index in [4.69, 9.17) is 14.7 Å². The predicted octanol–water partition coefficient (Wildman–Crippen LogP) is 6.13. The van der Waals surface area contributed by atoms with Crippen LogP contribution in [0.15, 0.2) is 130 Å². The van der Waals surface area contributed by atoms with Crippen molar-refractivity contribution >= 4 is 61.0 Å². The highest BCUT2D eigenvalue weighted by atomic mass is 32.2. The number of carbonyl (C=O) groups is 4. The lowest BCUT2D eigenvalue weighted by Gasteiger charge is -2.27. The number of rotatable bonds is 15. The first-order chi connectivity index (χ1) is 28.5. The topological polar surface area (TPSA) is 218 Å². The number of fused-ring (bicyclic) bond motifs is 1. The fraction of sp³-hybridized carbons (Fsp3) is 0.326. The maximum atomic E-state index is 14.2. The first-order valence-electron chi connectivity index (χ1n) is 19.1. The summed E-state index contributed by atoms with van der Waals surface area (Å²) in [6.45, 7) is 14.6. The Morgan fingerprint density at radius 3 is 2.21 bits per heavy atom. The van der Waals surface area contributed by atoms with Crippen LogP contribution in [0.25, 0.3) is 0 Å². The molecule has 1 fully saturated rings. The lowest BCUT2D eigenvalue weighted by atomic mass is 9.77. The average Bonchev–Trinajstić information content (AvgIpc) is 3.69. The summed E-state index contributed by atoms with van der Waals surface area (Å²) < 4.78 is 66.0. The predicted molar refractivity (Wildman–Crippen MR) is 228 cm³/mol. The third-order valence-corrected chi connectivity index (χ3v) is 12.1. The molecule has 0 unspecified atom stereocenters. The molecule has 16 nitrogen and oxygen atoms in total. The second-order valence-corrected chi connectivity index (χ2v) is 18.4. The molecule has 324 valence electrons. The van der Waals surface area contributed by atoms with Crippen molar-refractivity contribution in [2.24, 2.45) is 10.4 Å². The number of allylic oxidation sites excluding steroid dienone is 8. The van der Waals surface area contributed by atoms with E-state index in [0.717, 1.165) is 5.06 Å². The largest absolute Gasteiger partial charge is 0.361 e. The van der Waals surface area contributed by atoms with Crippen LogP contribution in [-0.4, -0.2) is 79.3 Å². The van der Waals surface area contributed by atoms with Crippen molar-refractivity contribution in [1.82, 2.24) is 5.06 Å².